The van der Waals surface area contributed by atoms with Crippen molar-refractivity contribution >= 4 is 0 Å². The molecule has 0 aliphatic rings. The molecule has 0 aliphatic heterocycles. The van der Waals surface area contributed by atoms with Crippen LogP contribution in [0.1, 0.15) is 25.3 Å². The summed E-state index contributed by atoms with van der Waals surface area (Å²) >= 11 is 0. The van der Waals surface area contributed by atoms with E-state index in [1.807, 2.05) is 0 Å². The maximum Gasteiger partial charge on any atom is 0.126 e. The van der Waals surface area contributed by atoms with Crippen LogP contribution in [0.3, 0.4) is 0 Å². The molecule has 5 heteroatoms. The van der Waals surface area contributed by atoms with Gasteiger partial charge in [0.05, 0.1) is 6.10 Å². The van der Waals surface area contributed by atoms with Gasteiger partial charge in [0, 0.05) is 18.7 Å². The number of aliphatic hydroxyl groups is 1. The Bertz CT molecular complexity index is 367. The van der Waals surface area contributed by atoms with Crippen molar-refractivity contribution in [2.75, 3.05) is 13.1 Å². The molecule has 1 aromatic rings. The van der Waals surface area contributed by atoms with E-state index in [0.29, 0.717) is 12.1 Å². The van der Waals surface area contributed by atoms with E-state index in [0.717, 1.165) is 25.5 Å². The Morgan fingerprint density at radius 1 is 1.26 bits per heavy atom. The van der Waals surface area contributed by atoms with Crippen LogP contribution in [-0.4, -0.2) is 30.3 Å². The normalized spacial score (nSPS) is 14.4. The fourth-order valence-corrected chi connectivity index (χ4v) is 1.84. The molecule has 1 aromatic carbocycles. The molecular weight excluding hydrogens is 250 g/mol. The highest BCUT2D eigenvalue weighted by molar-refractivity contribution is 5.19. The molecule has 0 spiro atoms. The first kappa shape index (κ1) is 16.0. The molecule has 0 saturated carbocycles. The van der Waals surface area contributed by atoms with Gasteiger partial charge in [-0.1, -0.05) is 13.3 Å². The Morgan fingerprint density at radius 3 is 2.47 bits per heavy atom. The Morgan fingerprint density at radius 2 is 1.89 bits per heavy atom. The largest absolute Gasteiger partial charge is 0.390 e. The van der Waals surface area contributed by atoms with Crippen LogP contribution >= 0.6 is 0 Å². The molecule has 3 nitrogen and oxygen atoms in total. The van der Waals surface area contributed by atoms with Gasteiger partial charge in [-0.3, -0.25) is 0 Å². The highest BCUT2D eigenvalue weighted by Crippen LogP contribution is 2.10. The lowest BCUT2D eigenvalue weighted by Gasteiger charge is -2.19. The molecule has 0 amide bonds. The van der Waals surface area contributed by atoms with Crippen molar-refractivity contribution in [1.29, 1.82) is 0 Å². The number of hydrogen-bond acceptors (Lipinski definition) is 3. The zero-order valence-electron chi connectivity index (χ0n) is 11.2. The monoisotopic (exact) mass is 272 g/mol. The van der Waals surface area contributed by atoms with Crippen LogP contribution in [0.5, 0.6) is 0 Å². The quantitative estimate of drug-likeness (QED) is 0.630. The topological polar surface area (TPSA) is 58.3 Å². The first-order chi connectivity index (χ1) is 9.02. The number of nitrogens with two attached hydrogens (primary N) is 1. The van der Waals surface area contributed by atoms with E-state index in [-0.39, 0.29) is 6.42 Å². The van der Waals surface area contributed by atoms with Gasteiger partial charge < -0.3 is 16.2 Å². The van der Waals surface area contributed by atoms with E-state index < -0.39 is 23.8 Å². The Balaban J connectivity index is 2.42. The molecule has 19 heavy (non-hydrogen) atoms. The van der Waals surface area contributed by atoms with Crippen LogP contribution in [0.4, 0.5) is 8.78 Å². The molecule has 0 heterocycles. The summed E-state index contributed by atoms with van der Waals surface area (Å²) in [6.07, 6.45) is 1.63. The SMILES string of the molecule is CCCCNC[C@@H](O)[C@@H](N)Cc1cc(F)cc(F)c1. The molecule has 0 aromatic heterocycles. The third kappa shape index (κ3) is 6.09. The number of aliphatic hydroxyl groups excluding tert-OH is 1. The van der Waals surface area contributed by atoms with Crippen molar-refractivity contribution < 1.29 is 13.9 Å². The number of unbranched alkanes of at least 4 members (excludes halogenated alkanes) is 1. The molecule has 0 aliphatic carbocycles. The molecule has 0 radical (unpaired) electrons. The van der Waals surface area contributed by atoms with Crippen molar-refractivity contribution in [1.82, 2.24) is 5.32 Å². The van der Waals surface area contributed by atoms with Gasteiger partial charge in [-0.05, 0) is 37.1 Å². The molecule has 0 unspecified atom stereocenters. The van der Waals surface area contributed by atoms with Gasteiger partial charge in [-0.15, -0.1) is 0 Å². The molecule has 108 valence electrons. The van der Waals surface area contributed by atoms with E-state index in [2.05, 4.69) is 12.2 Å². The predicted octanol–water partition coefficient (Wildman–Crippen LogP) is 1.59. The Labute approximate surface area is 112 Å². The summed E-state index contributed by atoms with van der Waals surface area (Å²) in [7, 11) is 0. The summed E-state index contributed by atoms with van der Waals surface area (Å²) < 4.78 is 26.0. The summed E-state index contributed by atoms with van der Waals surface area (Å²) in [6, 6.07) is 2.74. The van der Waals surface area contributed by atoms with Crippen molar-refractivity contribution in [3.63, 3.8) is 0 Å². The number of nitrogens with one attached hydrogen (secondary N) is 1. The Hall–Kier alpha value is -1.04. The average Bonchev–Trinajstić information content (AvgIpc) is 2.33. The second-order valence-corrected chi connectivity index (χ2v) is 4.77. The average molecular weight is 272 g/mol. The third-order valence-corrected chi connectivity index (χ3v) is 2.95. The van der Waals surface area contributed by atoms with Gasteiger partial charge in [0.2, 0.25) is 0 Å². The molecule has 2 atom stereocenters. The van der Waals surface area contributed by atoms with Crippen molar-refractivity contribution in [3.05, 3.63) is 35.4 Å². The summed E-state index contributed by atoms with van der Waals surface area (Å²) in [4.78, 5) is 0. The molecule has 4 N–H and O–H groups in total. The van der Waals surface area contributed by atoms with Gasteiger partial charge >= 0.3 is 0 Å². The minimum absolute atomic E-state index is 0.241. The van der Waals surface area contributed by atoms with E-state index >= 15 is 0 Å². The van der Waals surface area contributed by atoms with Gasteiger partial charge in [0.25, 0.3) is 0 Å². The molecular formula is C14H22F2N2O. The first-order valence-corrected chi connectivity index (χ1v) is 6.62. The summed E-state index contributed by atoms with van der Waals surface area (Å²) in [5.41, 5.74) is 6.29. The summed E-state index contributed by atoms with van der Waals surface area (Å²) in [6.45, 7) is 3.30. The lowest BCUT2D eigenvalue weighted by Crippen LogP contribution is -2.43. The lowest BCUT2D eigenvalue weighted by molar-refractivity contribution is 0.142. The number of benzene rings is 1. The van der Waals surface area contributed by atoms with E-state index in [4.69, 9.17) is 5.73 Å². The number of rotatable bonds is 8. The minimum atomic E-state index is -0.733. The van der Waals surface area contributed by atoms with Crippen molar-refractivity contribution in [2.45, 2.75) is 38.3 Å². The first-order valence-electron chi connectivity index (χ1n) is 6.62. The fraction of sp³-hybridized carbons (Fsp3) is 0.571. The summed E-state index contributed by atoms with van der Waals surface area (Å²) in [5.74, 6) is -1.25. The summed E-state index contributed by atoms with van der Waals surface area (Å²) in [5, 5.41) is 12.9. The number of halogens is 2. The predicted molar refractivity (Wildman–Crippen MR) is 71.8 cm³/mol. The van der Waals surface area contributed by atoms with Crippen LogP contribution in [-0.2, 0) is 6.42 Å². The molecule has 1 rings (SSSR count). The lowest BCUT2D eigenvalue weighted by atomic mass is 10.0. The maximum atomic E-state index is 13.0. The Kier molecular flexibility index (Phi) is 6.91. The zero-order chi connectivity index (χ0) is 14.3. The van der Waals surface area contributed by atoms with Crippen molar-refractivity contribution in [3.8, 4) is 0 Å². The van der Waals surface area contributed by atoms with Gasteiger partial charge in [0.15, 0.2) is 0 Å². The van der Waals surface area contributed by atoms with Gasteiger partial charge in [-0.2, -0.15) is 0 Å². The standard InChI is InChI=1S/C14H22F2N2O/c1-2-3-4-18-9-14(19)13(17)7-10-5-11(15)8-12(16)6-10/h5-6,8,13-14,18-19H,2-4,7,9,17H2,1H3/t13-,14+/m0/s1. The van der Waals surface area contributed by atoms with Crippen LogP contribution < -0.4 is 11.1 Å². The van der Waals surface area contributed by atoms with Crippen LogP contribution in [0, 0.1) is 11.6 Å². The highest BCUT2D eigenvalue weighted by Gasteiger charge is 2.15. The minimum Gasteiger partial charge on any atom is -0.390 e. The van der Waals surface area contributed by atoms with Crippen LogP contribution in [0.15, 0.2) is 18.2 Å². The molecule has 0 fully saturated rings. The van der Waals surface area contributed by atoms with Gasteiger partial charge in [0.1, 0.15) is 11.6 Å². The fourth-order valence-electron chi connectivity index (χ4n) is 1.84. The van der Waals surface area contributed by atoms with E-state index in [9.17, 15) is 13.9 Å². The van der Waals surface area contributed by atoms with Crippen LogP contribution in [0.2, 0.25) is 0 Å². The van der Waals surface area contributed by atoms with Gasteiger partial charge in [-0.25, -0.2) is 8.78 Å². The smallest absolute Gasteiger partial charge is 0.126 e. The van der Waals surface area contributed by atoms with Crippen LogP contribution in [0.25, 0.3) is 0 Å². The van der Waals surface area contributed by atoms with Crippen molar-refractivity contribution in [2.24, 2.45) is 5.73 Å². The maximum absolute atomic E-state index is 13.0. The number of hydrogen-bond donors (Lipinski definition) is 3. The second-order valence-electron chi connectivity index (χ2n) is 4.77. The van der Waals surface area contributed by atoms with E-state index in [1.54, 1.807) is 0 Å². The molecule has 0 bridgehead atoms. The van der Waals surface area contributed by atoms with E-state index in [1.165, 1.54) is 12.1 Å². The third-order valence-electron chi connectivity index (χ3n) is 2.95. The highest BCUT2D eigenvalue weighted by atomic mass is 19.1. The second kappa shape index (κ2) is 8.19. The zero-order valence-corrected chi connectivity index (χ0v) is 11.2. The molecule has 0 saturated heterocycles.